The lowest BCUT2D eigenvalue weighted by atomic mass is 10.1. The number of carbonyl (C=O) groups excluding carboxylic acids is 1. The summed E-state index contributed by atoms with van der Waals surface area (Å²) < 4.78 is 62.9. The molecule has 152 valence electrons. The van der Waals surface area contributed by atoms with Gasteiger partial charge in [-0.3, -0.25) is 14.9 Å². The third-order valence-electron chi connectivity index (χ3n) is 4.11. The number of hydrogen-bond donors (Lipinski definition) is 2. The van der Waals surface area contributed by atoms with Gasteiger partial charge >= 0.3 is 6.18 Å². The zero-order valence-electron chi connectivity index (χ0n) is 14.7. The second-order valence-electron chi connectivity index (χ2n) is 6.01. The summed E-state index contributed by atoms with van der Waals surface area (Å²) in [7, 11) is -2.74. The van der Waals surface area contributed by atoms with Crippen LogP contribution in [0.4, 0.5) is 28.9 Å². The number of benzene rings is 2. The number of rotatable bonds is 5. The Morgan fingerprint density at radius 2 is 1.79 bits per heavy atom. The van der Waals surface area contributed by atoms with Crippen LogP contribution >= 0.6 is 10.3 Å². The quantitative estimate of drug-likeness (QED) is 0.402. The van der Waals surface area contributed by atoms with E-state index in [9.17, 15) is 37.0 Å². The molecule has 0 saturated carbocycles. The molecule has 28 heavy (non-hydrogen) atoms. The first-order valence-electron chi connectivity index (χ1n) is 7.75. The number of halogens is 4. The molecule has 11 heteroatoms. The summed E-state index contributed by atoms with van der Waals surface area (Å²) >= 11 is 0. The largest absolute Gasteiger partial charge is 0.423 e. The molecule has 0 bridgehead atoms. The van der Waals surface area contributed by atoms with Gasteiger partial charge in [0.25, 0.3) is 5.69 Å². The molecule has 6 nitrogen and oxygen atoms in total. The molecule has 1 amide bonds. The van der Waals surface area contributed by atoms with E-state index in [0.29, 0.717) is 17.0 Å². The highest BCUT2D eigenvalue weighted by Gasteiger charge is 2.39. The van der Waals surface area contributed by atoms with Gasteiger partial charge in [0.15, 0.2) is 0 Å². The Bertz CT molecular complexity index is 901. The van der Waals surface area contributed by atoms with Crippen LogP contribution in [0.5, 0.6) is 0 Å². The van der Waals surface area contributed by atoms with Crippen LogP contribution in [0.2, 0.25) is 0 Å². The summed E-state index contributed by atoms with van der Waals surface area (Å²) in [6.07, 6.45) is -3.60. The van der Waals surface area contributed by atoms with Gasteiger partial charge in [0.2, 0.25) is 5.91 Å². The van der Waals surface area contributed by atoms with Gasteiger partial charge in [0.1, 0.15) is 11.4 Å². The standard InChI is InChI=1S/C17H16F4N2O4S/c1-10(28(2,27)13-6-3-11(18)4-7-13)16(24)22-12-5-8-15(23(25)26)14(9-12)17(19,20)21/h3-10,27H,1-2H3,(H,22,24). The van der Waals surface area contributed by atoms with Gasteiger partial charge in [-0.2, -0.15) is 13.2 Å². The maximum atomic E-state index is 13.1. The van der Waals surface area contributed by atoms with Crippen molar-refractivity contribution in [1.29, 1.82) is 0 Å². The molecule has 2 atom stereocenters. The van der Waals surface area contributed by atoms with Gasteiger partial charge in [-0.05, 0) is 49.6 Å². The summed E-state index contributed by atoms with van der Waals surface area (Å²) in [5.74, 6) is -1.31. The number of nitrogens with one attached hydrogen (secondary N) is 1. The van der Waals surface area contributed by atoms with E-state index in [4.69, 9.17) is 0 Å². The van der Waals surface area contributed by atoms with Crippen molar-refractivity contribution < 1.29 is 31.8 Å². The van der Waals surface area contributed by atoms with Gasteiger partial charge in [0, 0.05) is 16.6 Å². The van der Waals surface area contributed by atoms with Crippen LogP contribution in [0.15, 0.2) is 47.4 Å². The summed E-state index contributed by atoms with van der Waals surface area (Å²) in [5.41, 5.74) is -2.94. The lowest BCUT2D eigenvalue weighted by Crippen LogP contribution is -2.30. The Labute approximate surface area is 158 Å². The second kappa shape index (κ2) is 7.76. The lowest BCUT2D eigenvalue weighted by Gasteiger charge is -2.35. The molecule has 0 saturated heterocycles. The third-order valence-corrected chi connectivity index (χ3v) is 6.93. The van der Waals surface area contributed by atoms with Crippen molar-refractivity contribution in [2.75, 3.05) is 11.6 Å². The molecule has 0 aromatic heterocycles. The van der Waals surface area contributed by atoms with Crippen molar-refractivity contribution >= 4 is 27.6 Å². The smallest absolute Gasteiger partial charge is 0.347 e. The number of anilines is 1. The molecular weight excluding hydrogens is 404 g/mol. The van der Waals surface area contributed by atoms with E-state index in [1.54, 1.807) is 0 Å². The van der Waals surface area contributed by atoms with Gasteiger partial charge in [-0.25, -0.2) is 4.39 Å². The van der Waals surface area contributed by atoms with Crippen LogP contribution < -0.4 is 5.32 Å². The Hall–Kier alpha value is -2.66. The van der Waals surface area contributed by atoms with E-state index in [2.05, 4.69) is 5.32 Å². The molecule has 0 radical (unpaired) electrons. The van der Waals surface area contributed by atoms with Crippen LogP contribution in [-0.4, -0.2) is 26.9 Å². The van der Waals surface area contributed by atoms with Crippen molar-refractivity contribution in [3.8, 4) is 0 Å². The Kier molecular flexibility index (Phi) is 6.00. The number of alkyl halides is 3. The number of carbonyl (C=O) groups is 1. The van der Waals surface area contributed by atoms with Gasteiger partial charge in [0.05, 0.1) is 10.2 Å². The molecule has 2 N–H and O–H groups in total. The van der Waals surface area contributed by atoms with E-state index < -0.39 is 49.6 Å². The van der Waals surface area contributed by atoms with E-state index in [0.717, 1.165) is 18.2 Å². The van der Waals surface area contributed by atoms with Gasteiger partial charge in [-0.15, -0.1) is 10.3 Å². The van der Waals surface area contributed by atoms with Crippen molar-refractivity contribution in [1.82, 2.24) is 0 Å². The van der Waals surface area contributed by atoms with E-state index in [1.807, 2.05) is 0 Å². The van der Waals surface area contributed by atoms with Crippen LogP contribution in [-0.2, 0) is 11.0 Å². The fourth-order valence-corrected chi connectivity index (χ4v) is 3.94. The fourth-order valence-electron chi connectivity index (χ4n) is 2.37. The number of hydrogen-bond acceptors (Lipinski definition) is 4. The van der Waals surface area contributed by atoms with Crippen LogP contribution in [0, 0.1) is 15.9 Å². The third kappa shape index (κ3) is 4.60. The van der Waals surface area contributed by atoms with Crippen LogP contribution in [0.1, 0.15) is 12.5 Å². The summed E-state index contributed by atoms with van der Waals surface area (Å²) in [4.78, 5) is 22.4. The molecule has 0 spiro atoms. The van der Waals surface area contributed by atoms with E-state index in [1.165, 1.54) is 25.3 Å². The van der Waals surface area contributed by atoms with Crippen molar-refractivity contribution in [2.24, 2.45) is 0 Å². The highest BCUT2D eigenvalue weighted by molar-refractivity contribution is 8.29. The Balaban J connectivity index is 2.28. The summed E-state index contributed by atoms with van der Waals surface area (Å²) in [6.45, 7) is 1.38. The molecule has 0 aliphatic rings. The minimum Gasteiger partial charge on any atom is -0.347 e. The maximum absolute atomic E-state index is 13.1. The highest BCUT2D eigenvalue weighted by Crippen LogP contribution is 2.53. The highest BCUT2D eigenvalue weighted by atomic mass is 32.3. The van der Waals surface area contributed by atoms with Gasteiger partial charge in [-0.1, -0.05) is 0 Å². The Morgan fingerprint density at radius 3 is 2.29 bits per heavy atom. The average Bonchev–Trinajstić information content (AvgIpc) is 2.60. The van der Waals surface area contributed by atoms with Crippen molar-refractivity contribution in [3.05, 3.63) is 64.0 Å². The zero-order valence-corrected chi connectivity index (χ0v) is 15.5. The molecule has 2 aromatic carbocycles. The zero-order chi connectivity index (χ0) is 21.3. The van der Waals surface area contributed by atoms with Crippen LogP contribution in [0.25, 0.3) is 0 Å². The fraction of sp³-hybridized carbons (Fsp3) is 0.235. The number of nitro benzene ring substituents is 1. The number of nitro groups is 1. The molecule has 0 aliphatic heterocycles. The Morgan fingerprint density at radius 1 is 1.21 bits per heavy atom. The normalized spacial score (nSPS) is 16.0. The summed E-state index contributed by atoms with van der Waals surface area (Å²) in [5, 5.41) is 12.0. The summed E-state index contributed by atoms with van der Waals surface area (Å²) in [6, 6.07) is 6.96. The molecule has 2 aromatic rings. The topological polar surface area (TPSA) is 92.5 Å². The predicted molar refractivity (Wildman–Crippen MR) is 97.0 cm³/mol. The minimum atomic E-state index is -4.99. The molecule has 2 unspecified atom stereocenters. The predicted octanol–water partition coefficient (Wildman–Crippen LogP) is 5.05. The van der Waals surface area contributed by atoms with Gasteiger partial charge < -0.3 is 9.87 Å². The number of amides is 1. The minimum absolute atomic E-state index is 0.302. The van der Waals surface area contributed by atoms with Crippen LogP contribution in [0.3, 0.4) is 0 Å². The molecular formula is C17H16F4N2O4S. The SMILES string of the molecule is CC(C(=O)Nc1ccc([N+](=O)[O-])c(C(F)(F)F)c1)S(C)(O)c1ccc(F)cc1. The molecule has 0 heterocycles. The number of nitrogens with zero attached hydrogens (tertiary/aromatic N) is 1. The lowest BCUT2D eigenvalue weighted by molar-refractivity contribution is -0.388. The maximum Gasteiger partial charge on any atom is 0.423 e. The molecule has 0 fully saturated rings. The first kappa shape index (κ1) is 21.6. The first-order valence-corrected chi connectivity index (χ1v) is 9.82. The van der Waals surface area contributed by atoms with Crippen molar-refractivity contribution in [3.63, 3.8) is 0 Å². The second-order valence-corrected chi connectivity index (χ2v) is 9.06. The first-order chi connectivity index (χ1) is 12.8. The average molecular weight is 420 g/mol. The molecule has 2 rings (SSSR count). The monoisotopic (exact) mass is 420 g/mol. The molecule has 0 aliphatic carbocycles. The van der Waals surface area contributed by atoms with E-state index >= 15 is 0 Å². The van der Waals surface area contributed by atoms with Crippen molar-refractivity contribution in [2.45, 2.75) is 23.2 Å². The van der Waals surface area contributed by atoms with E-state index in [-0.39, 0.29) is 5.69 Å².